The first-order chi connectivity index (χ1) is 8.36. The van der Waals surface area contributed by atoms with E-state index in [2.05, 4.69) is 69.9 Å². The van der Waals surface area contributed by atoms with Crippen LogP contribution in [0.15, 0.2) is 41.6 Å². The van der Waals surface area contributed by atoms with E-state index in [1.54, 1.807) is 5.20 Å². The minimum absolute atomic E-state index is 0.605. The minimum Gasteiger partial charge on any atom is -0.0780 e. The first kappa shape index (κ1) is 13.4. The Morgan fingerprint density at radius 2 is 1.83 bits per heavy atom. The average molecular weight is 256 g/mol. The van der Waals surface area contributed by atoms with E-state index in [4.69, 9.17) is 0 Å². The maximum atomic E-state index is 2.49. The van der Waals surface area contributed by atoms with E-state index in [9.17, 15) is 0 Å². The molecule has 0 amide bonds. The molecule has 1 aromatic rings. The van der Waals surface area contributed by atoms with Gasteiger partial charge in [-0.3, -0.25) is 0 Å². The molecular weight excluding hydrogens is 232 g/mol. The average Bonchev–Trinajstić information content (AvgIpc) is 2.70. The van der Waals surface area contributed by atoms with Gasteiger partial charge in [0.05, 0.1) is 8.07 Å². The Morgan fingerprint density at radius 1 is 1.11 bits per heavy atom. The molecule has 1 aliphatic rings. The summed E-state index contributed by atoms with van der Waals surface area (Å²) in [6.07, 6.45) is 8.38. The molecule has 0 aromatic heterocycles. The summed E-state index contributed by atoms with van der Waals surface area (Å²) in [6.45, 7) is 11.6. The molecule has 0 heterocycles. The lowest BCUT2D eigenvalue weighted by Crippen LogP contribution is -2.22. The zero-order valence-electron chi connectivity index (χ0n) is 12.2. The second-order valence-corrected chi connectivity index (χ2v) is 11.6. The van der Waals surface area contributed by atoms with Crippen LogP contribution in [0.1, 0.15) is 16.7 Å². The summed E-state index contributed by atoms with van der Waals surface area (Å²) in [7, 11) is -1.13. The predicted octanol–water partition coefficient (Wildman–Crippen LogP) is 4.84. The van der Waals surface area contributed by atoms with E-state index in [0.29, 0.717) is 5.92 Å². The van der Waals surface area contributed by atoms with Crippen LogP contribution < -0.4 is 0 Å². The van der Waals surface area contributed by atoms with E-state index in [-0.39, 0.29) is 0 Å². The first-order valence-corrected chi connectivity index (χ1v) is 10.3. The molecule has 0 bridgehead atoms. The van der Waals surface area contributed by atoms with Crippen molar-refractivity contribution in [1.29, 1.82) is 0 Å². The van der Waals surface area contributed by atoms with Crippen LogP contribution in [0.4, 0.5) is 0 Å². The molecule has 1 unspecified atom stereocenters. The van der Waals surface area contributed by atoms with Crippen molar-refractivity contribution in [2.75, 3.05) is 0 Å². The summed E-state index contributed by atoms with van der Waals surface area (Å²) in [5.41, 5.74) is 4.28. The van der Waals surface area contributed by atoms with Gasteiger partial charge in [0.15, 0.2) is 0 Å². The van der Waals surface area contributed by atoms with Crippen LogP contribution in [0.5, 0.6) is 0 Å². The molecule has 0 saturated heterocycles. The summed E-state index contributed by atoms with van der Waals surface area (Å²) in [5.74, 6) is 0.605. The lowest BCUT2D eigenvalue weighted by Gasteiger charge is -2.16. The van der Waals surface area contributed by atoms with Gasteiger partial charge in [0, 0.05) is 0 Å². The van der Waals surface area contributed by atoms with Crippen molar-refractivity contribution in [3.8, 4) is 0 Å². The Kier molecular flexibility index (Phi) is 3.63. The maximum Gasteiger partial charge on any atom is 0.0771 e. The molecule has 0 radical (unpaired) electrons. The lowest BCUT2D eigenvalue weighted by molar-refractivity contribution is 0.809. The Labute approximate surface area is 112 Å². The second-order valence-electron chi connectivity index (χ2n) is 6.53. The number of hydrogen-bond donors (Lipinski definition) is 0. The molecule has 1 aromatic carbocycles. The zero-order chi connectivity index (χ0) is 13.3. The predicted molar refractivity (Wildman–Crippen MR) is 83.7 cm³/mol. The van der Waals surface area contributed by atoms with Crippen molar-refractivity contribution in [1.82, 2.24) is 0 Å². The highest BCUT2D eigenvalue weighted by molar-refractivity contribution is 6.83. The third-order valence-electron chi connectivity index (χ3n) is 3.74. The summed E-state index contributed by atoms with van der Waals surface area (Å²) in [4.78, 5) is 0. The smallest absolute Gasteiger partial charge is 0.0771 e. The number of benzene rings is 1. The van der Waals surface area contributed by atoms with Crippen molar-refractivity contribution in [3.05, 3.63) is 58.3 Å². The van der Waals surface area contributed by atoms with Crippen molar-refractivity contribution < 1.29 is 0 Å². The van der Waals surface area contributed by atoms with Gasteiger partial charge in [-0.1, -0.05) is 66.8 Å². The fourth-order valence-corrected chi connectivity index (χ4v) is 3.84. The number of rotatable bonds is 3. The Bertz CT molecular complexity index is 501. The molecule has 0 aliphatic heterocycles. The zero-order valence-corrected chi connectivity index (χ0v) is 13.2. The van der Waals surface area contributed by atoms with E-state index >= 15 is 0 Å². The van der Waals surface area contributed by atoms with E-state index in [1.807, 2.05) is 0 Å². The van der Waals surface area contributed by atoms with Gasteiger partial charge in [-0.2, -0.15) is 0 Å². The van der Waals surface area contributed by atoms with Crippen molar-refractivity contribution in [3.63, 3.8) is 0 Å². The SMILES string of the molecule is Cc1ccc(CC2C=CC([Si](C)(C)C)=C2)c(C)c1. The molecule has 96 valence electrons. The molecule has 18 heavy (non-hydrogen) atoms. The quantitative estimate of drug-likeness (QED) is 0.679. The van der Waals surface area contributed by atoms with Crippen molar-refractivity contribution in [2.24, 2.45) is 5.92 Å². The molecular formula is C17H24Si. The summed E-state index contributed by atoms with van der Waals surface area (Å²) < 4.78 is 0. The molecule has 1 heteroatoms. The van der Waals surface area contributed by atoms with Crippen LogP contribution >= 0.6 is 0 Å². The Morgan fingerprint density at radius 3 is 2.39 bits per heavy atom. The number of hydrogen-bond acceptors (Lipinski definition) is 0. The topological polar surface area (TPSA) is 0 Å². The van der Waals surface area contributed by atoms with E-state index in [1.165, 1.54) is 16.7 Å². The van der Waals surface area contributed by atoms with Crippen LogP contribution in [0.3, 0.4) is 0 Å². The monoisotopic (exact) mass is 256 g/mol. The maximum absolute atomic E-state index is 2.49. The van der Waals surface area contributed by atoms with Gasteiger partial charge in [-0.05, 0) is 37.3 Å². The highest BCUT2D eigenvalue weighted by atomic mass is 28.3. The van der Waals surface area contributed by atoms with Crippen LogP contribution in [0.25, 0.3) is 0 Å². The molecule has 1 atom stereocenters. The third kappa shape index (κ3) is 3.02. The molecule has 0 spiro atoms. The van der Waals surface area contributed by atoms with Gasteiger partial charge < -0.3 is 0 Å². The normalized spacial score (nSPS) is 19.2. The second kappa shape index (κ2) is 4.89. The largest absolute Gasteiger partial charge is 0.0780 e. The van der Waals surface area contributed by atoms with Gasteiger partial charge in [-0.25, -0.2) is 0 Å². The van der Waals surface area contributed by atoms with Gasteiger partial charge >= 0.3 is 0 Å². The summed E-state index contributed by atoms with van der Waals surface area (Å²) in [6, 6.07) is 6.81. The Balaban J connectivity index is 2.13. The van der Waals surface area contributed by atoms with Crippen molar-refractivity contribution >= 4 is 8.07 Å². The van der Waals surface area contributed by atoms with Gasteiger partial charge in [0.1, 0.15) is 0 Å². The number of aryl methyl sites for hydroxylation is 2. The van der Waals surface area contributed by atoms with Crippen LogP contribution in [-0.4, -0.2) is 8.07 Å². The molecule has 0 N–H and O–H groups in total. The molecule has 0 saturated carbocycles. The molecule has 0 nitrogen and oxygen atoms in total. The fourth-order valence-electron chi connectivity index (χ4n) is 2.52. The number of allylic oxidation sites excluding steroid dienone is 4. The molecule has 0 fully saturated rings. The van der Waals surface area contributed by atoms with E-state index < -0.39 is 8.07 Å². The molecule has 1 aliphatic carbocycles. The first-order valence-electron chi connectivity index (χ1n) is 6.83. The summed E-state index contributed by atoms with van der Waals surface area (Å²) >= 11 is 0. The van der Waals surface area contributed by atoms with Gasteiger partial charge in [0.2, 0.25) is 0 Å². The standard InChI is InChI=1S/C17H24Si/c1-13-6-8-16(14(2)10-13)11-15-7-9-17(12-15)18(3,4)5/h6-10,12,15H,11H2,1-5H3. The fraction of sp³-hybridized carbons (Fsp3) is 0.412. The van der Waals surface area contributed by atoms with Crippen LogP contribution in [0.2, 0.25) is 19.6 Å². The Hall–Kier alpha value is -1.08. The highest BCUT2D eigenvalue weighted by Crippen LogP contribution is 2.27. The lowest BCUT2D eigenvalue weighted by atomic mass is 9.96. The van der Waals surface area contributed by atoms with E-state index in [0.717, 1.165) is 6.42 Å². The molecule has 2 rings (SSSR count). The highest BCUT2D eigenvalue weighted by Gasteiger charge is 2.22. The summed E-state index contributed by atoms with van der Waals surface area (Å²) in [5, 5.41) is 1.61. The van der Waals surface area contributed by atoms with Crippen LogP contribution in [-0.2, 0) is 6.42 Å². The van der Waals surface area contributed by atoms with Gasteiger partial charge in [0.25, 0.3) is 0 Å². The van der Waals surface area contributed by atoms with Gasteiger partial charge in [-0.15, -0.1) is 0 Å². The third-order valence-corrected chi connectivity index (χ3v) is 5.80. The van der Waals surface area contributed by atoms with Crippen LogP contribution in [0, 0.1) is 19.8 Å². The van der Waals surface area contributed by atoms with Crippen molar-refractivity contribution in [2.45, 2.75) is 39.9 Å². The minimum atomic E-state index is -1.13.